The van der Waals surface area contributed by atoms with E-state index in [1.807, 2.05) is 0 Å². The zero-order chi connectivity index (χ0) is 13.0. The molecule has 0 bridgehead atoms. The minimum atomic E-state index is 0.368. The van der Waals surface area contributed by atoms with E-state index in [2.05, 4.69) is 23.3 Å². The molecule has 1 aromatic rings. The Balaban J connectivity index is 2.04. The van der Waals surface area contributed by atoms with Gasteiger partial charge >= 0.3 is 0 Å². The fourth-order valence-electron chi connectivity index (χ4n) is 2.62. The van der Waals surface area contributed by atoms with E-state index in [0.717, 1.165) is 0 Å². The van der Waals surface area contributed by atoms with Crippen LogP contribution in [-0.2, 0) is 0 Å². The number of aromatic nitrogens is 1. The van der Waals surface area contributed by atoms with Crippen LogP contribution >= 0.6 is 11.6 Å². The smallest absolute Gasteiger partial charge is 0.132 e. The van der Waals surface area contributed by atoms with Crippen molar-refractivity contribution in [2.24, 2.45) is 5.92 Å². The molecule has 1 N–H and O–H groups in total. The van der Waals surface area contributed by atoms with E-state index in [1.54, 1.807) is 12.1 Å². The van der Waals surface area contributed by atoms with Gasteiger partial charge in [0.15, 0.2) is 0 Å². The summed E-state index contributed by atoms with van der Waals surface area (Å²) in [6.07, 6.45) is 6.56. The maximum absolute atomic E-state index is 8.91. The van der Waals surface area contributed by atoms with Gasteiger partial charge in [-0.15, -0.1) is 0 Å². The molecule has 96 valence electrons. The maximum atomic E-state index is 8.91. The highest BCUT2D eigenvalue weighted by Gasteiger charge is 2.20. The second kappa shape index (κ2) is 6.06. The van der Waals surface area contributed by atoms with Gasteiger partial charge in [0.2, 0.25) is 0 Å². The van der Waals surface area contributed by atoms with Crippen molar-refractivity contribution in [3.8, 4) is 6.07 Å². The van der Waals surface area contributed by atoms with E-state index in [-0.39, 0.29) is 0 Å². The molecule has 1 unspecified atom stereocenters. The number of hydrogen-bond donors (Lipinski definition) is 1. The molecule has 1 aliphatic rings. The molecule has 1 aliphatic carbocycles. The number of pyridine rings is 1. The third kappa shape index (κ3) is 3.36. The topological polar surface area (TPSA) is 48.7 Å². The number of nitrogens with one attached hydrogen (secondary N) is 1. The molecular formula is C14H18ClN3. The molecule has 0 amide bonds. The minimum absolute atomic E-state index is 0.368. The molecule has 0 saturated heterocycles. The summed E-state index contributed by atoms with van der Waals surface area (Å²) in [5.41, 5.74) is 0.549. The number of rotatable bonds is 3. The summed E-state index contributed by atoms with van der Waals surface area (Å²) in [7, 11) is 0. The predicted molar refractivity (Wildman–Crippen MR) is 73.6 cm³/mol. The molecule has 0 aliphatic heterocycles. The van der Waals surface area contributed by atoms with E-state index < -0.39 is 0 Å². The van der Waals surface area contributed by atoms with Crippen LogP contribution in [0.15, 0.2) is 12.1 Å². The van der Waals surface area contributed by atoms with Gasteiger partial charge in [0.25, 0.3) is 0 Å². The lowest BCUT2D eigenvalue weighted by molar-refractivity contribution is 0.328. The van der Waals surface area contributed by atoms with Crippen molar-refractivity contribution in [2.75, 3.05) is 5.32 Å². The Hall–Kier alpha value is -1.27. The summed E-state index contributed by atoms with van der Waals surface area (Å²) in [6.45, 7) is 2.19. The lowest BCUT2D eigenvalue weighted by atomic mass is 9.84. The SMILES string of the molecule is CC(Nc1cc(C#N)cc(Cl)n1)C1CCCCC1. The minimum Gasteiger partial charge on any atom is -0.367 e. The molecule has 1 aromatic heterocycles. The fourth-order valence-corrected chi connectivity index (χ4v) is 2.83. The molecular weight excluding hydrogens is 246 g/mol. The Bertz CT molecular complexity index is 447. The molecule has 0 aromatic carbocycles. The van der Waals surface area contributed by atoms with Gasteiger partial charge in [0, 0.05) is 6.04 Å². The highest BCUT2D eigenvalue weighted by atomic mass is 35.5. The van der Waals surface area contributed by atoms with Crippen molar-refractivity contribution in [3.05, 3.63) is 22.8 Å². The van der Waals surface area contributed by atoms with Gasteiger partial charge in [-0.25, -0.2) is 4.98 Å². The molecule has 0 spiro atoms. The monoisotopic (exact) mass is 263 g/mol. The predicted octanol–water partition coefficient (Wildman–Crippen LogP) is 3.99. The van der Waals surface area contributed by atoms with Crippen LogP contribution in [0.5, 0.6) is 0 Å². The summed E-state index contributed by atoms with van der Waals surface area (Å²) in [6, 6.07) is 5.81. The molecule has 4 heteroatoms. The van der Waals surface area contributed by atoms with Crippen LogP contribution in [-0.4, -0.2) is 11.0 Å². The van der Waals surface area contributed by atoms with Crippen LogP contribution in [0.2, 0.25) is 5.15 Å². The van der Waals surface area contributed by atoms with Crippen molar-refractivity contribution in [1.29, 1.82) is 5.26 Å². The molecule has 18 heavy (non-hydrogen) atoms. The number of hydrogen-bond acceptors (Lipinski definition) is 3. The number of nitriles is 1. The van der Waals surface area contributed by atoms with Gasteiger partial charge in [0.05, 0.1) is 11.6 Å². The van der Waals surface area contributed by atoms with Crippen LogP contribution in [0.3, 0.4) is 0 Å². The second-order valence-corrected chi connectivity index (χ2v) is 5.39. The van der Waals surface area contributed by atoms with Crippen LogP contribution in [0.1, 0.15) is 44.6 Å². The normalized spacial score (nSPS) is 18.1. The second-order valence-electron chi connectivity index (χ2n) is 5.01. The largest absolute Gasteiger partial charge is 0.367 e. The van der Waals surface area contributed by atoms with E-state index in [0.29, 0.717) is 28.5 Å². The highest BCUT2D eigenvalue weighted by molar-refractivity contribution is 6.29. The van der Waals surface area contributed by atoms with Crippen molar-refractivity contribution >= 4 is 17.4 Å². The average molecular weight is 264 g/mol. The molecule has 1 heterocycles. The van der Waals surface area contributed by atoms with Crippen molar-refractivity contribution in [3.63, 3.8) is 0 Å². The summed E-state index contributed by atoms with van der Waals surface area (Å²) in [5.74, 6) is 1.40. The molecule has 2 rings (SSSR count). The van der Waals surface area contributed by atoms with Crippen LogP contribution < -0.4 is 5.32 Å². The zero-order valence-corrected chi connectivity index (χ0v) is 11.4. The maximum Gasteiger partial charge on any atom is 0.132 e. The van der Waals surface area contributed by atoms with Crippen molar-refractivity contribution < 1.29 is 0 Å². The highest BCUT2D eigenvalue weighted by Crippen LogP contribution is 2.28. The van der Waals surface area contributed by atoms with Crippen molar-refractivity contribution in [2.45, 2.75) is 45.1 Å². The summed E-state index contributed by atoms with van der Waals surface area (Å²) in [5, 5.41) is 12.7. The third-order valence-corrected chi connectivity index (χ3v) is 3.85. The van der Waals surface area contributed by atoms with Crippen LogP contribution in [0.4, 0.5) is 5.82 Å². The van der Waals surface area contributed by atoms with E-state index in [4.69, 9.17) is 16.9 Å². The first-order valence-corrected chi connectivity index (χ1v) is 6.91. The Labute approximate surface area is 113 Å². The first-order valence-electron chi connectivity index (χ1n) is 6.53. The molecule has 3 nitrogen and oxygen atoms in total. The average Bonchev–Trinajstić information content (AvgIpc) is 2.39. The quantitative estimate of drug-likeness (QED) is 0.839. The zero-order valence-electron chi connectivity index (χ0n) is 10.6. The number of nitrogens with zero attached hydrogens (tertiary/aromatic N) is 2. The lowest BCUT2D eigenvalue weighted by Crippen LogP contribution is -2.28. The molecule has 1 saturated carbocycles. The third-order valence-electron chi connectivity index (χ3n) is 3.66. The Kier molecular flexibility index (Phi) is 4.43. The Morgan fingerprint density at radius 2 is 2.11 bits per heavy atom. The van der Waals surface area contributed by atoms with Gasteiger partial charge in [-0.2, -0.15) is 5.26 Å². The standard InChI is InChI=1S/C14H18ClN3/c1-10(12-5-3-2-4-6-12)17-14-8-11(9-16)7-13(15)18-14/h7-8,10,12H,2-6H2,1H3,(H,17,18). The number of anilines is 1. The Morgan fingerprint density at radius 3 is 2.78 bits per heavy atom. The van der Waals surface area contributed by atoms with E-state index >= 15 is 0 Å². The fraction of sp³-hybridized carbons (Fsp3) is 0.571. The van der Waals surface area contributed by atoms with Gasteiger partial charge < -0.3 is 5.32 Å². The van der Waals surface area contributed by atoms with E-state index in [1.165, 1.54) is 32.1 Å². The van der Waals surface area contributed by atoms with Crippen LogP contribution in [0, 0.1) is 17.2 Å². The first-order chi connectivity index (χ1) is 8.69. The van der Waals surface area contributed by atoms with Gasteiger partial charge in [-0.05, 0) is 37.8 Å². The molecule has 1 atom stereocenters. The molecule has 1 fully saturated rings. The lowest BCUT2D eigenvalue weighted by Gasteiger charge is -2.28. The summed E-state index contributed by atoms with van der Waals surface area (Å²) in [4.78, 5) is 4.22. The van der Waals surface area contributed by atoms with Crippen LogP contribution in [0.25, 0.3) is 0 Å². The van der Waals surface area contributed by atoms with Crippen molar-refractivity contribution in [1.82, 2.24) is 4.98 Å². The molecule has 0 radical (unpaired) electrons. The van der Waals surface area contributed by atoms with Gasteiger partial charge in [-0.3, -0.25) is 0 Å². The van der Waals surface area contributed by atoms with Gasteiger partial charge in [-0.1, -0.05) is 30.9 Å². The first kappa shape index (κ1) is 13.2. The summed E-state index contributed by atoms with van der Waals surface area (Å²) >= 11 is 5.90. The van der Waals surface area contributed by atoms with E-state index in [9.17, 15) is 0 Å². The summed E-state index contributed by atoms with van der Waals surface area (Å²) < 4.78 is 0. The Morgan fingerprint density at radius 1 is 1.39 bits per heavy atom. The van der Waals surface area contributed by atoms with Gasteiger partial charge in [0.1, 0.15) is 11.0 Å². The number of halogens is 1.